The van der Waals surface area contributed by atoms with E-state index in [2.05, 4.69) is 5.32 Å². The Morgan fingerprint density at radius 2 is 1.63 bits per heavy atom. The number of nitrogens with zero attached hydrogens (tertiary/aromatic N) is 1. The fraction of sp³-hybridized carbons (Fsp3) is 0.300. The van der Waals surface area contributed by atoms with E-state index in [-0.39, 0.29) is 23.6 Å². The summed E-state index contributed by atoms with van der Waals surface area (Å²) in [7, 11) is 4.19. The molecule has 2 aromatic carbocycles. The van der Waals surface area contributed by atoms with Crippen LogP contribution in [-0.2, 0) is 16.1 Å². The Morgan fingerprint density at radius 3 is 2.17 bits per heavy atom. The van der Waals surface area contributed by atoms with Crippen LogP contribution in [0.2, 0.25) is 0 Å². The van der Waals surface area contributed by atoms with Crippen molar-refractivity contribution in [3.63, 3.8) is 0 Å². The summed E-state index contributed by atoms with van der Waals surface area (Å²) in [5, 5.41) is 14.0. The van der Waals surface area contributed by atoms with Crippen LogP contribution in [0.5, 0.6) is 17.2 Å². The molecule has 10 heteroatoms. The normalized spacial score (nSPS) is 11.2. The van der Waals surface area contributed by atoms with Gasteiger partial charge in [-0.15, -0.1) is 0 Å². The van der Waals surface area contributed by atoms with Crippen LogP contribution < -0.4 is 19.5 Å². The first-order valence-electron chi connectivity index (χ1n) is 8.82. The zero-order chi connectivity index (χ0) is 22.3. The number of carbonyl (C=O) groups excluding carboxylic acids is 2. The highest BCUT2D eigenvalue weighted by Gasteiger charge is 2.28. The van der Waals surface area contributed by atoms with Crippen molar-refractivity contribution in [1.29, 1.82) is 0 Å². The van der Waals surface area contributed by atoms with Gasteiger partial charge in [0.25, 0.3) is 11.6 Å². The number of hydrogen-bond donors (Lipinski definition) is 1. The first-order valence-corrected chi connectivity index (χ1v) is 8.82. The molecular weight excluding hydrogens is 396 g/mol. The maximum atomic E-state index is 12.5. The molecule has 0 aliphatic carbocycles. The summed E-state index contributed by atoms with van der Waals surface area (Å²) in [5.74, 6) is -0.696. The minimum Gasteiger partial charge on any atom is -0.497 e. The summed E-state index contributed by atoms with van der Waals surface area (Å²) in [6, 6.07) is 9.26. The third kappa shape index (κ3) is 5.37. The zero-order valence-corrected chi connectivity index (χ0v) is 17.0. The molecule has 1 atom stereocenters. The maximum Gasteiger partial charge on any atom is 0.346 e. The number of methoxy groups -OCH3 is 3. The average Bonchev–Trinajstić information content (AvgIpc) is 2.76. The van der Waals surface area contributed by atoms with E-state index in [0.29, 0.717) is 5.75 Å². The molecule has 2 aromatic rings. The van der Waals surface area contributed by atoms with Gasteiger partial charge in [-0.05, 0) is 24.6 Å². The fourth-order valence-electron chi connectivity index (χ4n) is 2.54. The molecule has 1 amide bonds. The predicted molar refractivity (Wildman–Crippen MR) is 106 cm³/mol. The van der Waals surface area contributed by atoms with Crippen LogP contribution in [0.3, 0.4) is 0 Å². The van der Waals surface area contributed by atoms with E-state index in [1.54, 1.807) is 31.4 Å². The summed E-state index contributed by atoms with van der Waals surface area (Å²) < 4.78 is 20.3. The third-order valence-corrected chi connectivity index (χ3v) is 4.20. The van der Waals surface area contributed by atoms with Gasteiger partial charge in [0.1, 0.15) is 11.3 Å². The summed E-state index contributed by atoms with van der Waals surface area (Å²) in [6.45, 7) is 1.58. The van der Waals surface area contributed by atoms with Crippen molar-refractivity contribution in [2.45, 2.75) is 19.6 Å². The molecule has 0 aliphatic rings. The molecule has 1 unspecified atom stereocenters. The fourth-order valence-corrected chi connectivity index (χ4v) is 2.54. The second-order valence-corrected chi connectivity index (χ2v) is 6.09. The van der Waals surface area contributed by atoms with E-state index in [4.69, 9.17) is 18.9 Å². The van der Waals surface area contributed by atoms with Crippen LogP contribution in [0.1, 0.15) is 22.8 Å². The molecule has 0 saturated heterocycles. The molecule has 10 nitrogen and oxygen atoms in total. The highest BCUT2D eigenvalue weighted by molar-refractivity contribution is 5.96. The van der Waals surface area contributed by atoms with Gasteiger partial charge < -0.3 is 24.3 Å². The highest BCUT2D eigenvalue weighted by Crippen LogP contribution is 2.34. The number of nitro benzene ring substituents is 1. The Labute approximate surface area is 172 Å². The molecule has 1 N–H and O–H groups in total. The molecule has 30 heavy (non-hydrogen) atoms. The molecular formula is C20H22N2O8. The maximum absolute atomic E-state index is 12.5. The predicted octanol–water partition coefficient (Wildman–Crippen LogP) is 2.48. The first kappa shape index (κ1) is 22.5. The molecule has 0 saturated carbocycles. The largest absolute Gasteiger partial charge is 0.497 e. The molecule has 0 aromatic heterocycles. The third-order valence-electron chi connectivity index (χ3n) is 4.20. The van der Waals surface area contributed by atoms with Crippen LogP contribution in [0, 0.1) is 10.1 Å². The molecule has 0 radical (unpaired) electrons. The number of amides is 1. The van der Waals surface area contributed by atoms with Gasteiger partial charge in [-0.25, -0.2) is 4.79 Å². The van der Waals surface area contributed by atoms with Gasteiger partial charge in [0.15, 0.2) is 17.6 Å². The lowest BCUT2D eigenvalue weighted by atomic mass is 10.1. The number of rotatable bonds is 9. The van der Waals surface area contributed by atoms with Gasteiger partial charge in [-0.2, -0.15) is 0 Å². The number of nitrogens with one attached hydrogen (secondary N) is 1. The molecule has 0 bridgehead atoms. The Kier molecular flexibility index (Phi) is 7.56. The second-order valence-electron chi connectivity index (χ2n) is 6.09. The highest BCUT2D eigenvalue weighted by atomic mass is 16.6. The molecule has 160 valence electrons. The number of nitro groups is 1. The monoisotopic (exact) mass is 418 g/mol. The standard InChI is InChI=1S/C20H22N2O8/c1-12(19(23)21-11-13-5-7-14(27-2)8-6-13)30-20(24)15-9-17(28-3)18(29-4)10-16(15)22(25)26/h5-10,12H,11H2,1-4H3,(H,21,23). The van der Waals surface area contributed by atoms with Gasteiger partial charge in [0, 0.05) is 12.6 Å². The van der Waals surface area contributed by atoms with Crippen molar-refractivity contribution >= 4 is 17.6 Å². The summed E-state index contributed by atoms with van der Waals surface area (Å²) in [6.07, 6.45) is -1.18. The Balaban J connectivity index is 2.08. The van der Waals surface area contributed by atoms with Gasteiger partial charge in [0.2, 0.25) is 0 Å². The van der Waals surface area contributed by atoms with Gasteiger partial charge in [-0.3, -0.25) is 14.9 Å². The molecule has 0 spiro atoms. The SMILES string of the molecule is COc1ccc(CNC(=O)C(C)OC(=O)c2cc(OC)c(OC)cc2[N+](=O)[O-])cc1. The lowest BCUT2D eigenvalue weighted by Crippen LogP contribution is -2.35. The summed E-state index contributed by atoms with van der Waals surface area (Å²) in [4.78, 5) is 35.3. The van der Waals surface area contributed by atoms with Crippen LogP contribution >= 0.6 is 0 Å². The zero-order valence-electron chi connectivity index (χ0n) is 17.0. The number of carbonyl (C=O) groups is 2. The lowest BCUT2D eigenvalue weighted by molar-refractivity contribution is -0.385. The van der Waals surface area contributed by atoms with Gasteiger partial charge in [-0.1, -0.05) is 12.1 Å². The molecule has 2 rings (SSSR count). The van der Waals surface area contributed by atoms with E-state index >= 15 is 0 Å². The summed E-state index contributed by atoms with van der Waals surface area (Å²) >= 11 is 0. The van der Waals surface area contributed by atoms with Crippen LogP contribution in [0.25, 0.3) is 0 Å². The van der Waals surface area contributed by atoms with Crippen LogP contribution in [0.4, 0.5) is 5.69 Å². The minimum absolute atomic E-state index is 0.0889. The topological polar surface area (TPSA) is 126 Å². The van der Waals surface area contributed by atoms with Crippen molar-refractivity contribution < 1.29 is 33.5 Å². The smallest absolute Gasteiger partial charge is 0.346 e. The van der Waals surface area contributed by atoms with Gasteiger partial charge in [0.05, 0.1) is 32.3 Å². The second kappa shape index (κ2) is 10.1. The van der Waals surface area contributed by atoms with Crippen LogP contribution in [-0.4, -0.2) is 44.2 Å². The molecule has 0 heterocycles. The Hall–Kier alpha value is -3.82. The lowest BCUT2D eigenvalue weighted by Gasteiger charge is -2.15. The average molecular weight is 418 g/mol. The van der Waals surface area contributed by atoms with E-state index in [9.17, 15) is 19.7 Å². The van der Waals surface area contributed by atoms with Crippen molar-refractivity contribution in [3.8, 4) is 17.2 Å². The van der Waals surface area contributed by atoms with Crippen LogP contribution in [0.15, 0.2) is 36.4 Å². The quantitative estimate of drug-likeness (QED) is 0.374. The summed E-state index contributed by atoms with van der Waals surface area (Å²) in [5.41, 5.74) is -0.0610. The number of ether oxygens (including phenoxy) is 4. The van der Waals surface area contributed by atoms with Gasteiger partial charge >= 0.3 is 5.97 Å². The van der Waals surface area contributed by atoms with E-state index < -0.39 is 28.6 Å². The van der Waals surface area contributed by atoms with Crippen molar-refractivity contribution in [2.24, 2.45) is 0 Å². The Morgan fingerprint density at radius 1 is 1.03 bits per heavy atom. The van der Waals surface area contributed by atoms with E-state index in [1.807, 2.05) is 0 Å². The minimum atomic E-state index is -1.18. The number of hydrogen-bond acceptors (Lipinski definition) is 8. The Bertz CT molecular complexity index is 927. The van der Waals surface area contributed by atoms with Crippen molar-refractivity contribution in [2.75, 3.05) is 21.3 Å². The number of esters is 1. The van der Waals surface area contributed by atoms with Crippen molar-refractivity contribution in [3.05, 3.63) is 57.6 Å². The number of benzene rings is 2. The molecule has 0 fully saturated rings. The first-order chi connectivity index (χ1) is 14.3. The van der Waals surface area contributed by atoms with E-state index in [0.717, 1.165) is 17.7 Å². The van der Waals surface area contributed by atoms with Crippen molar-refractivity contribution in [1.82, 2.24) is 5.32 Å². The molecule has 0 aliphatic heterocycles. The van der Waals surface area contributed by atoms with E-state index in [1.165, 1.54) is 21.1 Å².